The summed E-state index contributed by atoms with van der Waals surface area (Å²) in [6, 6.07) is 2.11. The molecule has 0 spiro atoms. The van der Waals surface area contributed by atoms with Crippen molar-refractivity contribution in [3.63, 3.8) is 0 Å². The van der Waals surface area contributed by atoms with Crippen LogP contribution >= 0.6 is 0 Å². The summed E-state index contributed by atoms with van der Waals surface area (Å²) in [6.07, 6.45) is 1.69. The average Bonchev–Trinajstić information content (AvgIpc) is 2.35. The lowest BCUT2D eigenvalue weighted by Gasteiger charge is -2.30. The van der Waals surface area contributed by atoms with E-state index in [1.54, 1.807) is 16.0 Å². The number of likely N-dealkylation sites (tertiary alicyclic amines) is 1. The largest absolute Gasteiger partial charge is 0.381 e. The van der Waals surface area contributed by atoms with Crippen LogP contribution in [-0.4, -0.2) is 36.3 Å². The maximum atomic E-state index is 12.3. The summed E-state index contributed by atoms with van der Waals surface area (Å²) < 4.78 is 0. The Balaban J connectivity index is 3.13. The molecule has 1 aliphatic heterocycles. The molecule has 0 atom stereocenters. The molecule has 4 heteroatoms. The Hall–Kier alpha value is -1.50. The van der Waals surface area contributed by atoms with Crippen LogP contribution in [0.25, 0.3) is 0 Å². The highest BCUT2D eigenvalue weighted by atomic mass is 16.2. The van der Waals surface area contributed by atoms with Gasteiger partial charge in [-0.15, -0.1) is 0 Å². The normalized spacial score (nSPS) is 22.5. The predicted octanol–water partition coefficient (Wildman–Crippen LogP) is 1.81. The first-order valence-electron chi connectivity index (χ1n) is 5.74. The van der Waals surface area contributed by atoms with Gasteiger partial charge in [-0.25, -0.2) is 0 Å². The van der Waals surface area contributed by atoms with Crippen LogP contribution in [0, 0.1) is 22.2 Å². The number of hydrogen-bond donors (Lipinski definition) is 0. The van der Waals surface area contributed by atoms with Crippen LogP contribution in [-0.2, 0) is 4.79 Å². The fourth-order valence-electron chi connectivity index (χ4n) is 1.89. The van der Waals surface area contributed by atoms with Crippen LogP contribution < -0.4 is 0 Å². The highest BCUT2D eigenvalue weighted by molar-refractivity contribution is 5.87. The molecular formula is C13H21N3O. The minimum absolute atomic E-state index is 0.0251. The number of carbonyl (C=O) groups is 1. The quantitative estimate of drug-likeness (QED) is 0.686. The van der Waals surface area contributed by atoms with Gasteiger partial charge in [-0.2, -0.15) is 5.26 Å². The van der Waals surface area contributed by atoms with Crippen molar-refractivity contribution in [2.75, 3.05) is 20.6 Å². The zero-order chi connectivity index (χ0) is 13.4. The van der Waals surface area contributed by atoms with Crippen molar-refractivity contribution < 1.29 is 4.79 Å². The first-order chi connectivity index (χ1) is 7.63. The molecule has 0 unspecified atom stereocenters. The van der Waals surface area contributed by atoms with Gasteiger partial charge in [-0.1, -0.05) is 27.7 Å². The van der Waals surface area contributed by atoms with E-state index in [-0.39, 0.29) is 11.3 Å². The fourth-order valence-corrected chi connectivity index (χ4v) is 1.89. The second kappa shape index (κ2) is 4.06. The summed E-state index contributed by atoms with van der Waals surface area (Å²) in [5.74, 6) is 0.0251. The lowest BCUT2D eigenvalue weighted by atomic mass is 9.70. The first-order valence-corrected chi connectivity index (χ1v) is 5.74. The predicted molar refractivity (Wildman–Crippen MR) is 66.7 cm³/mol. The summed E-state index contributed by atoms with van der Waals surface area (Å²) in [5.41, 5.74) is -0.152. The monoisotopic (exact) mass is 235 g/mol. The third-order valence-corrected chi connectivity index (χ3v) is 3.81. The van der Waals surface area contributed by atoms with Crippen LogP contribution in [0.15, 0.2) is 11.9 Å². The van der Waals surface area contributed by atoms with Gasteiger partial charge in [0, 0.05) is 26.8 Å². The number of nitriles is 1. The molecule has 4 nitrogen and oxygen atoms in total. The molecule has 1 heterocycles. The molecule has 1 amide bonds. The van der Waals surface area contributed by atoms with Gasteiger partial charge in [0.1, 0.15) is 11.8 Å². The molecule has 1 saturated heterocycles. The fraction of sp³-hybridized carbons (Fsp3) is 0.692. The van der Waals surface area contributed by atoms with E-state index in [0.29, 0.717) is 12.2 Å². The van der Waals surface area contributed by atoms with Crippen molar-refractivity contribution >= 4 is 5.91 Å². The molecule has 0 aromatic heterocycles. The van der Waals surface area contributed by atoms with Crippen LogP contribution in [0.4, 0.5) is 0 Å². The summed E-state index contributed by atoms with van der Waals surface area (Å²) in [7, 11) is 3.68. The molecule has 0 aromatic rings. The van der Waals surface area contributed by atoms with Crippen molar-refractivity contribution in [2.45, 2.75) is 27.7 Å². The Bertz CT molecular complexity index is 399. The number of rotatable bonds is 2. The van der Waals surface area contributed by atoms with Gasteiger partial charge in [-0.3, -0.25) is 4.79 Å². The molecule has 0 bridgehead atoms. The number of carbonyl (C=O) groups excluding carboxylic acids is 1. The topological polar surface area (TPSA) is 47.3 Å². The van der Waals surface area contributed by atoms with E-state index < -0.39 is 5.41 Å². The van der Waals surface area contributed by atoms with Crippen LogP contribution in [0.2, 0.25) is 0 Å². The van der Waals surface area contributed by atoms with Gasteiger partial charge in [0.15, 0.2) is 0 Å². The summed E-state index contributed by atoms with van der Waals surface area (Å²) >= 11 is 0. The molecule has 0 N–H and O–H groups in total. The van der Waals surface area contributed by atoms with E-state index in [2.05, 4.69) is 19.9 Å². The van der Waals surface area contributed by atoms with E-state index in [1.165, 1.54) is 0 Å². The van der Waals surface area contributed by atoms with Crippen LogP contribution in [0.1, 0.15) is 27.7 Å². The highest BCUT2D eigenvalue weighted by Crippen LogP contribution is 2.47. The zero-order valence-corrected chi connectivity index (χ0v) is 11.5. The molecule has 1 rings (SSSR count). The maximum absolute atomic E-state index is 12.3. The Morgan fingerprint density at radius 2 is 1.94 bits per heavy atom. The van der Waals surface area contributed by atoms with E-state index in [9.17, 15) is 4.79 Å². The van der Waals surface area contributed by atoms with Gasteiger partial charge >= 0.3 is 0 Å². The maximum Gasteiger partial charge on any atom is 0.233 e. The third kappa shape index (κ3) is 2.14. The summed E-state index contributed by atoms with van der Waals surface area (Å²) in [5, 5.41) is 9.15. The SMILES string of the molecule is CN(C)/C=C(\C#N)N1CC(C)(C)C(C)(C)C1=O. The molecule has 0 aliphatic carbocycles. The summed E-state index contributed by atoms with van der Waals surface area (Å²) in [4.78, 5) is 15.7. The van der Waals surface area contributed by atoms with Gasteiger partial charge in [-0.05, 0) is 5.41 Å². The molecule has 94 valence electrons. The van der Waals surface area contributed by atoms with Crippen molar-refractivity contribution in [3.8, 4) is 6.07 Å². The minimum Gasteiger partial charge on any atom is -0.381 e. The third-order valence-electron chi connectivity index (χ3n) is 3.81. The van der Waals surface area contributed by atoms with E-state index in [0.717, 1.165) is 0 Å². The van der Waals surface area contributed by atoms with Crippen LogP contribution in [0.5, 0.6) is 0 Å². The standard InChI is InChI=1S/C13H21N3O/c1-12(2)9-16(11(17)13(12,3)4)10(7-14)8-15(5)6/h8H,9H2,1-6H3/b10-8+. The first kappa shape index (κ1) is 13.6. The lowest BCUT2D eigenvalue weighted by molar-refractivity contribution is -0.134. The van der Waals surface area contributed by atoms with Crippen LogP contribution in [0.3, 0.4) is 0 Å². The molecule has 1 fully saturated rings. The second-order valence-corrected chi connectivity index (χ2v) is 5.99. The Morgan fingerprint density at radius 1 is 1.41 bits per heavy atom. The second-order valence-electron chi connectivity index (χ2n) is 5.99. The molecule has 0 aromatic carbocycles. The minimum atomic E-state index is -0.435. The number of hydrogen-bond acceptors (Lipinski definition) is 3. The Kier molecular flexibility index (Phi) is 3.24. The van der Waals surface area contributed by atoms with E-state index in [4.69, 9.17) is 5.26 Å². The van der Waals surface area contributed by atoms with E-state index in [1.807, 2.05) is 27.9 Å². The molecule has 0 saturated carbocycles. The van der Waals surface area contributed by atoms with Gasteiger partial charge in [0.05, 0.1) is 5.41 Å². The van der Waals surface area contributed by atoms with Crippen molar-refractivity contribution in [2.24, 2.45) is 10.8 Å². The molecule has 0 radical (unpaired) electrons. The number of allylic oxidation sites excluding steroid dienone is 1. The molecular weight excluding hydrogens is 214 g/mol. The average molecular weight is 235 g/mol. The van der Waals surface area contributed by atoms with Crippen molar-refractivity contribution in [1.29, 1.82) is 5.26 Å². The smallest absolute Gasteiger partial charge is 0.233 e. The molecule has 1 aliphatic rings. The number of nitrogens with zero attached hydrogens (tertiary/aromatic N) is 3. The zero-order valence-electron chi connectivity index (χ0n) is 11.5. The molecule has 17 heavy (non-hydrogen) atoms. The van der Waals surface area contributed by atoms with Gasteiger partial charge in [0.25, 0.3) is 0 Å². The summed E-state index contributed by atoms with van der Waals surface area (Å²) in [6.45, 7) is 8.61. The van der Waals surface area contributed by atoms with Crippen molar-refractivity contribution in [3.05, 3.63) is 11.9 Å². The van der Waals surface area contributed by atoms with Gasteiger partial charge < -0.3 is 9.80 Å². The van der Waals surface area contributed by atoms with E-state index >= 15 is 0 Å². The van der Waals surface area contributed by atoms with Gasteiger partial charge in [0.2, 0.25) is 5.91 Å². The Morgan fingerprint density at radius 3 is 2.24 bits per heavy atom. The lowest BCUT2D eigenvalue weighted by Crippen LogP contribution is -2.34. The Labute approximate surface area is 103 Å². The highest BCUT2D eigenvalue weighted by Gasteiger charge is 2.53. The van der Waals surface area contributed by atoms with Crippen molar-refractivity contribution in [1.82, 2.24) is 9.80 Å². The number of amides is 1.